The average molecular weight is 279 g/mol. The Balaban J connectivity index is 2.38. The van der Waals surface area contributed by atoms with E-state index >= 15 is 0 Å². The van der Waals surface area contributed by atoms with Crippen molar-refractivity contribution in [1.82, 2.24) is 0 Å². The number of nitrogens with one attached hydrogen (secondary N) is 1. The summed E-state index contributed by atoms with van der Waals surface area (Å²) in [7, 11) is 1.69. The lowest BCUT2D eigenvalue weighted by Gasteiger charge is -2.17. The molecule has 1 aromatic carbocycles. The van der Waals surface area contributed by atoms with Crippen molar-refractivity contribution in [2.24, 2.45) is 5.92 Å². The van der Waals surface area contributed by atoms with Crippen LogP contribution in [0.1, 0.15) is 39.2 Å². The summed E-state index contributed by atoms with van der Waals surface area (Å²) in [5.41, 5.74) is 2.37. The van der Waals surface area contributed by atoms with E-state index in [1.807, 2.05) is 0 Å². The zero-order chi connectivity index (χ0) is 14.8. The summed E-state index contributed by atoms with van der Waals surface area (Å²) >= 11 is 0. The molecular formula is C17H29NO2. The van der Waals surface area contributed by atoms with Gasteiger partial charge in [0, 0.05) is 18.8 Å². The van der Waals surface area contributed by atoms with Crippen LogP contribution in [-0.2, 0) is 16.1 Å². The predicted molar refractivity (Wildman–Crippen MR) is 85.1 cm³/mol. The fourth-order valence-corrected chi connectivity index (χ4v) is 2.02. The molecule has 3 heteroatoms. The highest BCUT2D eigenvalue weighted by atomic mass is 16.5. The molecule has 0 amide bonds. The number of benzene rings is 1. The van der Waals surface area contributed by atoms with E-state index in [0.717, 1.165) is 5.92 Å². The third kappa shape index (κ3) is 7.51. The van der Waals surface area contributed by atoms with E-state index in [9.17, 15) is 0 Å². The summed E-state index contributed by atoms with van der Waals surface area (Å²) in [5.74, 6) is 0.764. The van der Waals surface area contributed by atoms with Gasteiger partial charge in [0.05, 0.1) is 19.8 Å². The first kappa shape index (κ1) is 17.0. The number of ether oxygens (including phenoxy) is 2. The van der Waals surface area contributed by atoms with Gasteiger partial charge in [-0.1, -0.05) is 26.0 Å². The number of rotatable bonds is 10. The van der Waals surface area contributed by atoms with Gasteiger partial charge in [0.1, 0.15) is 0 Å². The maximum atomic E-state index is 5.55. The van der Waals surface area contributed by atoms with E-state index in [1.165, 1.54) is 24.1 Å². The Hall–Kier alpha value is -1.06. The van der Waals surface area contributed by atoms with Crippen LogP contribution in [0.15, 0.2) is 24.3 Å². The SMILES string of the molecule is COCCOCc1cccc(NC(C)CCC(C)C)c1. The van der Waals surface area contributed by atoms with Crippen molar-refractivity contribution in [2.75, 3.05) is 25.6 Å². The van der Waals surface area contributed by atoms with E-state index < -0.39 is 0 Å². The van der Waals surface area contributed by atoms with Crippen LogP contribution >= 0.6 is 0 Å². The van der Waals surface area contributed by atoms with Gasteiger partial charge in [-0.15, -0.1) is 0 Å². The molecule has 0 radical (unpaired) electrons. The monoisotopic (exact) mass is 279 g/mol. The molecule has 114 valence electrons. The molecule has 1 atom stereocenters. The molecule has 0 aliphatic carbocycles. The minimum absolute atomic E-state index is 0.502. The van der Waals surface area contributed by atoms with Crippen molar-refractivity contribution in [3.8, 4) is 0 Å². The average Bonchev–Trinajstić information content (AvgIpc) is 2.42. The van der Waals surface area contributed by atoms with E-state index in [2.05, 4.69) is 50.4 Å². The zero-order valence-electron chi connectivity index (χ0n) is 13.3. The van der Waals surface area contributed by atoms with E-state index in [-0.39, 0.29) is 0 Å². The van der Waals surface area contributed by atoms with Gasteiger partial charge >= 0.3 is 0 Å². The fraction of sp³-hybridized carbons (Fsp3) is 0.647. The van der Waals surface area contributed by atoms with Crippen LogP contribution in [0.3, 0.4) is 0 Å². The number of anilines is 1. The zero-order valence-corrected chi connectivity index (χ0v) is 13.3. The van der Waals surface area contributed by atoms with Crippen LogP contribution in [0.5, 0.6) is 0 Å². The molecule has 1 unspecified atom stereocenters. The Morgan fingerprint density at radius 1 is 1.10 bits per heavy atom. The van der Waals surface area contributed by atoms with Crippen LogP contribution in [0, 0.1) is 5.92 Å². The molecule has 20 heavy (non-hydrogen) atoms. The van der Waals surface area contributed by atoms with Crippen molar-refractivity contribution < 1.29 is 9.47 Å². The first-order chi connectivity index (χ1) is 9.61. The highest BCUT2D eigenvalue weighted by Crippen LogP contribution is 2.15. The van der Waals surface area contributed by atoms with Gasteiger partial charge in [-0.2, -0.15) is 0 Å². The van der Waals surface area contributed by atoms with Crippen LogP contribution in [0.25, 0.3) is 0 Å². The van der Waals surface area contributed by atoms with Crippen molar-refractivity contribution in [3.63, 3.8) is 0 Å². The fourth-order valence-electron chi connectivity index (χ4n) is 2.02. The van der Waals surface area contributed by atoms with Gasteiger partial charge in [-0.3, -0.25) is 0 Å². The molecule has 0 saturated carbocycles. The van der Waals surface area contributed by atoms with Crippen LogP contribution in [0.2, 0.25) is 0 Å². The number of hydrogen-bond acceptors (Lipinski definition) is 3. The second-order valence-corrected chi connectivity index (χ2v) is 5.76. The van der Waals surface area contributed by atoms with Crippen molar-refractivity contribution in [1.29, 1.82) is 0 Å². The summed E-state index contributed by atoms with van der Waals surface area (Å²) in [6.07, 6.45) is 2.46. The lowest BCUT2D eigenvalue weighted by Crippen LogP contribution is -2.15. The van der Waals surface area contributed by atoms with Gasteiger partial charge in [-0.05, 0) is 43.4 Å². The molecule has 0 aliphatic heterocycles. The molecule has 0 saturated heterocycles. The summed E-state index contributed by atoms with van der Waals surface area (Å²) in [5, 5.41) is 3.56. The number of hydrogen-bond donors (Lipinski definition) is 1. The Bertz CT molecular complexity index is 366. The van der Waals surface area contributed by atoms with Gasteiger partial charge in [0.15, 0.2) is 0 Å². The standard InChI is InChI=1S/C17H29NO2/c1-14(2)8-9-15(3)18-17-7-5-6-16(12-17)13-20-11-10-19-4/h5-7,12,14-15,18H,8-11,13H2,1-4H3. The van der Waals surface area contributed by atoms with Crippen molar-refractivity contribution in [3.05, 3.63) is 29.8 Å². The third-order valence-corrected chi connectivity index (χ3v) is 3.22. The maximum absolute atomic E-state index is 5.55. The maximum Gasteiger partial charge on any atom is 0.0718 e. The lowest BCUT2D eigenvalue weighted by molar-refractivity contribution is 0.0617. The molecule has 3 nitrogen and oxygen atoms in total. The van der Waals surface area contributed by atoms with Gasteiger partial charge in [0.25, 0.3) is 0 Å². The smallest absolute Gasteiger partial charge is 0.0718 e. The minimum atomic E-state index is 0.502. The second kappa shape index (κ2) is 9.78. The molecule has 0 aliphatic rings. The van der Waals surface area contributed by atoms with Crippen molar-refractivity contribution >= 4 is 5.69 Å². The van der Waals surface area contributed by atoms with E-state index in [4.69, 9.17) is 9.47 Å². The molecule has 1 N–H and O–H groups in total. The molecule has 0 spiro atoms. The van der Waals surface area contributed by atoms with Gasteiger partial charge in [-0.25, -0.2) is 0 Å². The molecule has 0 aromatic heterocycles. The summed E-state index contributed by atoms with van der Waals surface area (Å²) in [4.78, 5) is 0. The quantitative estimate of drug-likeness (QED) is 0.654. The van der Waals surface area contributed by atoms with Gasteiger partial charge in [0.2, 0.25) is 0 Å². The summed E-state index contributed by atoms with van der Waals surface area (Å²) in [6.45, 7) is 8.70. The van der Waals surface area contributed by atoms with Gasteiger partial charge < -0.3 is 14.8 Å². The molecule has 1 aromatic rings. The van der Waals surface area contributed by atoms with Crippen LogP contribution in [0.4, 0.5) is 5.69 Å². The first-order valence-corrected chi connectivity index (χ1v) is 7.54. The minimum Gasteiger partial charge on any atom is -0.383 e. The predicted octanol–water partition coefficient (Wildman–Crippen LogP) is 4.09. The molecular weight excluding hydrogens is 250 g/mol. The van der Waals surface area contributed by atoms with E-state index in [1.54, 1.807) is 7.11 Å². The Morgan fingerprint density at radius 2 is 1.90 bits per heavy atom. The number of methoxy groups -OCH3 is 1. The Morgan fingerprint density at radius 3 is 2.60 bits per heavy atom. The topological polar surface area (TPSA) is 30.5 Å². The highest BCUT2D eigenvalue weighted by Gasteiger charge is 2.04. The first-order valence-electron chi connectivity index (χ1n) is 7.54. The Kier molecular flexibility index (Phi) is 8.31. The molecule has 0 heterocycles. The van der Waals surface area contributed by atoms with Crippen molar-refractivity contribution in [2.45, 2.75) is 46.3 Å². The normalized spacial score (nSPS) is 12.7. The van der Waals surface area contributed by atoms with Crippen LogP contribution < -0.4 is 5.32 Å². The molecule has 1 rings (SSSR count). The largest absolute Gasteiger partial charge is 0.383 e. The third-order valence-electron chi connectivity index (χ3n) is 3.22. The lowest BCUT2D eigenvalue weighted by atomic mass is 10.0. The van der Waals surface area contributed by atoms with E-state index in [0.29, 0.717) is 25.9 Å². The highest BCUT2D eigenvalue weighted by molar-refractivity contribution is 5.46. The summed E-state index contributed by atoms with van der Waals surface area (Å²) < 4.78 is 10.5. The van der Waals surface area contributed by atoms with Crippen LogP contribution in [-0.4, -0.2) is 26.4 Å². The molecule has 0 bridgehead atoms. The molecule has 0 fully saturated rings. The Labute approximate surface area is 123 Å². The summed E-state index contributed by atoms with van der Waals surface area (Å²) in [6, 6.07) is 8.95. The second-order valence-electron chi connectivity index (χ2n) is 5.76.